The monoisotopic (exact) mass is 320 g/mol. The van der Waals surface area contributed by atoms with Gasteiger partial charge in [0, 0.05) is 11.1 Å². The van der Waals surface area contributed by atoms with Crippen molar-refractivity contribution >= 4 is 29.0 Å². The molecule has 0 saturated heterocycles. The summed E-state index contributed by atoms with van der Waals surface area (Å²) in [7, 11) is 0. The number of hydrogen-bond donors (Lipinski definition) is 1. The first kappa shape index (κ1) is 16.0. The molecule has 0 aliphatic rings. The number of rotatable bonds is 7. The van der Waals surface area contributed by atoms with Crippen molar-refractivity contribution in [2.75, 3.05) is 5.75 Å². The molecule has 0 aliphatic carbocycles. The number of hydrogen-bond acceptors (Lipinski definition) is 4. The zero-order chi connectivity index (χ0) is 15.1. The Morgan fingerprint density at radius 3 is 2.76 bits per heavy atom. The lowest BCUT2D eigenvalue weighted by Gasteiger charge is -2.18. The van der Waals surface area contributed by atoms with Crippen molar-refractivity contribution in [1.82, 2.24) is 10.3 Å². The number of carbonyl (C=O) groups excluding carboxylic acids is 1. The molecule has 0 radical (unpaired) electrons. The quantitative estimate of drug-likeness (QED) is 0.777. The van der Waals surface area contributed by atoms with E-state index in [4.69, 9.17) is 0 Å². The van der Waals surface area contributed by atoms with Crippen LogP contribution in [0, 0.1) is 6.92 Å². The summed E-state index contributed by atoms with van der Waals surface area (Å²) in [6.07, 6.45) is 2.00. The average molecular weight is 320 g/mol. The Kier molecular flexibility index (Phi) is 6.26. The molecule has 0 aliphatic heterocycles. The fourth-order valence-electron chi connectivity index (χ4n) is 2.06. The van der Waals surface area contributed by atoms with Crippen molar-refractivity contribution < 1.29 is 4.79 Å². The third-order valence-electron chi connectivity index (χ3n) is 3.04. The van der Waals surface area contributed by atoms with Crippen LogP contribution >= 0.6 is 23.1 Å². The van der Waals surface area contributed by atoms with Gasteiger partial charge in [0.15, 0.2) is 4.34 Å². The van der Waals surface area contributed by atoms with Gasteiger partial charge in [0.05, 0.1) is 11.8 Å². The highest BCUT2D eigenvalue weighted by Crippen LogP contribution is 2.23. The molecule has 1 atom stereocenters. The molecular formula is C16H20N2OS2. The van der Waals surface area contributed by atoms with Gasteiger partial charge in [-0.2, -0.15) is 0 Å². The van der Waals surface area contributed by atoms with Gasteiger partial charge in [0.1, 0.15) is 0 Å². The Balaban J connectivity index is 1.89. The maximum Gasteiger partial charge on any atom is 0.230 e. The molecule has 0 unspecified atom stereocenters. The van der Waals surface area contributed by atoms with Gasteiger partial charge in [-0.15, -0.1) is 11.3 Å². The van der Waals surface area contributed by atoms with Gasteiger partial charge in [-0.25, -0.2) is 4.98 Å². The molecule has 1 aromatic carbocycles. The molecule has 1 heterocycles. The van der Waals surface area contributed by atoms with Crippen molar-refractivity contribution in [3.63, 3.8) is 0 Å². The van der Waals surface area contributed by atoms with E-state index in [0.29, 0.717) is 5.75 Å². The van der Waals surface area contributed by atoms with E-state index in [1.54, 1.807) is 11.3 Å². The molecule has 1 N–H and O–H groups in total. The normalized spacial score (nSPS) is 12.1. The molecule has 0 fully saturated rings. The molecule has 2 rings (SSSR count). The molecular weight excluding hydrogens is 300 g/mol. The lowest BCUT2D eigenvalue weighted by Crippen LogP contribution is -2.29. The van der Waals surface area contributed by atoms with E-state index in [1.165, 1.54) is 17.3 Å². The smallest absolute Gasteiger partial charge is 0.230 e. The molecule has 21 heavy (non-hydrogen) atoms. The summed E-state index contributed by atoms with van der Waals surface area (Å²) < 4.78 is 0.953. The van der Waals surface area contributed by atoms with Crippen LogP contribution in [0.3, 0.4) is 0 Å². The molecule has 112 valence electrons. The Morgan fingerprint density at radius 1 is 1.38 bits per heavy atom. The zero-order valence-electron chi connectivity index (χ0n) is 12.3. The molecule has 1 aromatic heterocycles. The number of nitrogens with zero attached hydrogens (tertiary/aromatic N) is 1. The molecule has 5 heteroatoms. The molecule has 0 spiro atoms. The molecule has 2 aromatic rings. The summed E-state index contributed by atoms with van der Waals surface area (Å²) in [4.78, 5) is 16.5. The standard InChI is InChI=1S/C16H20N2OS2/c1-3-7-14(13-8-5-4-6-9-13)18-15(19)11-21-16-17-12(2)10-20-16/h4-6,8-10,14H,3,7,11H2,1-2H3,(H,18,19)/t14-/m1/s1. The maximum absolute atomic E-state index is 12.1. The Bertz CT molecular complexity index is 569. The van der Waals surface area contributed by atoms with E-state index < -0.39 is 0 Å². The van der Waals surface area contributed by atoms with Crippen LogP contribution in [-0.4, -0.2) is 16.6 Å². The van der Waals surface area contributed by atoms with Crippen LogP contribution < -0.4 is 5.32 Å². The summed E-state index contributed by atoms with van der Waals surface area (Å²) in [5.41, 5.74) is 2.18. The van der Waals surface area contributed by atoms with Crippen LogP contribution in [0.4, 0.5) is 0 Å². The van der Waals surface area contributed by atoms with E-state index in [-0.39, 0.29) is 11.9 Å². The van der Waals surface area contributed by atoms with Gasteiger partial charge in [-0.3, -0.25) is 4.79 Å². The third-order valence-corrected chi connectivity index (χ3v) is 5.18. The van der Waals surface area contributed by atoms with Crippen molar-refractivity contribution in [2.24, 2.45) is 0 Å². The first-order valence-corrected chi connectivity index (χ1v) is 8.94. The molecule has 3 nitrogen and oxygen atoms in total. The number of thiazole rings is 1. The minimum absolute atomic E-state index is 0.0650. The van der Waals surface area contributed by atoms with E-state index in [0.717, 1.165) is 22.9 Å². The Labute approximate surface area is 134 Å². The summed E-state index contributed by atoms with van der Waals surface area (Å²) in [6, 6.07) is 10.3. The maximum atomic E-state index is 12.1. The lowest BCUT2D eigenvalue weighted by molar-refractivity contribution is -0.119. The molecule has 1 amide bonds. The van der Waals surface area contributed by atoms with Crippen LogP contribution in [-0.2, 0) is 4.79 Å². The largest absolute Gasteiger partial charge is 0.349 e. The average Bonchev–Trinajstić information content (AvgIpc) is 2.91. The van der Waals surface area contributed by atoms with Crippen molar-refractivity contribution in [1.29, 1.82) is 0 Å². The van der Waals surface area contributed by atoms with Gasteiger partial charge < -0.3 is 5.32 Å². The van der Waals surface area contributed by atoms with E-state index in [9.17, 15) is 4.79 Å². The van der Waals surface area contributed by atoms with Gasteiger partial charge in [-0.05, 0) is 18.9 Å². The van der Waals surface area contributed by atoms with Crippen LogP contribution in [0.2, 0.25) is 0 Å². The summed E-state index contributed by atoms with van der Waals surface area (Å²) in [5, 5.41) is 5.13. The fourth-order valence-corrected chi connectivity index (χ4v) is 3.72. The number of carbonyl (C=O) groups is 1. The predicted molar refractivity (Wildman–Crippen MR) is 89.8 cm³/mol. The number of amides is 1. The molecule has 0 saturated carbocycles. The van der Waals surface area contributed by atoms with Crippen LogP contribution in [0.5, 0.6) is 0 Å². The minimum Gasteiger partial charge on any atom is -0.349 e. The second kappa shape index (κ2) is 8.20. The van der Waals surface area contributed by atoms with Crippen molar-refractivity contribution in [2.45, 2.75) is 37.1 Å². The second-order valence-electron chi connectivity index (χ2n) is 4.86. The summed E-state index contributed by atoms with van der Waals surface area (Å²) >= 11 is 3.09. The number of aromatic nitrogens is 1. The number of benzene rings is 1. The lowest BCUT2D eigenvalue weighted by atomic mass is 10.0. The summed E-state index contributed by atoms with van der Waals surface area (Å²) in [6.45, 7) is 4.10. The van der Waals surface area contributed by atoms with Crippen LogP contribution in [0.15, 0.2) is 40.1 Å². The summed E-state index contributed by atoms with van der Waals surface area (Å²) in [5.74, 6) is 0.482. The topological polar surface area (TPSA) is 42.0 Å². The van der Waals surface area contributed by atoms with E-state index >= 15 is 0 Å². The van der Waals surface area contributed by atoms with Crippen molar-refractivity contribution in [3.8, 4) is 0 Å². The number of thioether (sulfide) groups is 1. The molecule has 0 bridgehead atoms. The van der Waals surface area contributed by atoms with Gasteiger partial charge in [-0.1, -0.05) is 55.4 Å². The first-order valence-electron chi connectivity index (χ1n) is 7.08. The minimum atomic E-state index is 0.0650. The Hall–Kier alpha value is -1.33. The van der Waals surface area contributed by atoms with Crippen LogP contribution in [0.25, 0.3) is 0 Å². The zero-order valence-corrected chi connectivity index (χ0v) is 14.0. The second-order valence-corrected chi connectivity index (χ2v) is 6.94. The Morgan fingerprint density at radius 2 is 2.14 bits per heavy atom. The van der Waals surface area contributed by atoms with Crippen molar-refractivity contribution in [3.05, 3.63) is 47.0 Å². The van der Waals surface area contributed by atoms with E-state index in [1.807, 2.05) is 30.5 Å². The first-order chi connectivity index (χ1) is 10.2. The van der Waals surface area contributed by atoms with E-state index in [2.05, 4.69) is 29.4 Å². The van der Waals surface area contributed by atoms with Crippen LogP contribution in [0.1, 0.15) is 37.1 Å². The van der Waals surface area contributed by atoms with Gasteiger partial charge in [0.25, 0.3) is 0 Å². The SMILES string of the molecule is CCC[C@@H](NC(=O)CSc1nc(C)cs1)c1ccccc1. The van der Waals surface area contributed by atoms with Gasteiger partial charge in [0.2, 0.25) is 5.91 Å². The highest BCUT2D eigenvalue weighted by Gasteiger charge is 2.14. The predicted octanol–water partition coefficient (Wildman–Crippen LogP) is 4.20. The highest BCUT2D eigenvalue weighted by molar-refractivity contribution is 8.01. The third kappa shape index (κ3) is 5.17. The fraction of sp³-hybridized carbons (Fsp3) is 0.375. The number of aryl methyl sites for hydroxylation is 1. The van der Waals surface area contributed by atoms with Gasteiger partial charge >= 0.3 is 0 Å². The highest BCUT2D eigenvalue weighted by atomic mass is 32.2. The number of nitrogens with one attached hydrogen (secondary N) is 1.